The van der Waals surface area contributed by atoms with Crippen LogP contribution in [-0.4, -0.2) is 39.2 Å². The molecule has 1 fully saturated rings. The smallest absolute Gasteiger partial charge is 0.161 e. The molecule has 118 valence electrons. The average molecular weight is 313 g/mol. The number of ether oxygens (including phenoxy) is 2. The number of hydrogen-bond acceptors (Lipinski definition) is 5. The normalized spacial score (nSPS) is 20.7. The van der Waals surface area contributed by atoms with Crippen molar-refractivity contribution in [2.75, 3.05) is 18.6 Å². The van der Waals surface area contributed by atoms with Crippen molar-refractivity contribution in [3.05, 3.63) is 23.8 Å². The van der Waals surface area contributed by atoms with Crippen molar-refractivity contribution < 1.29 is 17.9 Å². The predicted molar refractivity (Wildman–Crippen MR) is 82.7 cm³/mol. The molecule has 1 unspecified atom stereocenters. The molecule has 0 radical (unpaired) electrons. The van der Waals surface area contributed by atoms with Crippen molar-refractivity contribution >= 4 is 9.84 Å². The zero-order valence-electron chi connectivity index (χ0n) is 12.8. The van der Waals surface area contributed by atoms with Gasteiger partial charge in [-0.15, -0.1) is 0 Å². The molecule has 0 saturated carbocycles. The largest absolute Gasteiger partial charge is 0.493 e. The van der Waals surface area contributed by atoms with Crippen molar-refractivity contribution in [1.29, 1.82) is 0 Å². The zero-order chi connectivity index (χ0) is 15.5. The van der Waals surface area contributed by atoms with Gasteiger partial charge in [-0.25, -0.2) is 8.42 Å². The van der Waals surface area contributed by atoms with Gasteiger partial charge in [0.2, 0.25) is 0 Å². The number of sulfone groups is 1. The Labute approximate surface area is 126 Å². The van der Waals surface area contributed by atoms with Crippen molar-refractivity contribution in [3.63, 3.8) is 0 Å². The van der Waals surface area contributed by atoms with Crippen molar-refractivity contribution in [3.8, 4) is 11.5 Å². The highest BCUT2D eigenvalue weighted by atomic mass is 32.2. The molecule has 0 amide bonds. The fraction of sp³-hybridized carbons (Fsp3) is 0.600. The van der Waals surface area contributed by atoms with Crippen LogP contribution in [0.25, 0.3) is 0 Å². The SMILES string of the molecule is COc1ccc(CNC(C)C)cc1OC1CCS(=O)(=O)C1. The van der Waals surface area contributed by atoms with Crippen molar-refractivity contribution in [2.24, 2.45) is 0 Å². The fourth-order valence-corrected chi connectivity index (χ4v) is 3.87. The van der Waals surface area contributed by atoms with E-state index in [9.17, 15) is 8.42 Å². The Balaban J connectivity index is 2.10. The van der Waals surface area contributed by atoms with Crippen LogP contribution in [0.5, 0.6) is 11.5 Å². The van der Waals surface area contributed by atoms with Gasteiger partial charge in [0.25, 0.3) is 0 Å². The molecule has 1 aliphatic heterocycles. The minimum atomic E-state index is -2.94. The topological polar surface area (TPSA) is 64.6 Å². The molecule has 5 nitrogen and oxygen atoms in total. The third kappa shape index (κ3) is 4.61. The monoisotopic (exact) mass is 313 g/mol. The van der Waals surface area contributed by atoms with E-state index in [4.69, 9.17) is 9.47 Å². The molecule has 1 atom stereocenters. The Kier molecular flexibility index (Phi) is 5.11. The Morgan fingerprint density at radius 1 is 1.33 bits per heavy atom. The van der Waals surface area contributed by atoms with Crippen LogP contribution in [0.3, 0.4) is 0 Å². The summed E-state index contributed by atoms with van der Waals surface area (Å²) in [4.78, 5) is 0. The minimum absolute atomic E-state index is 0.0879. The van der Waals surface area contributed by atoms with Crippen LogP contribution in [-0.2, 0) is 16.4 Å². The lowest BCUT2D eigenvalue weighted by molar-refractivity contribution is 0.218. The molecule has 0 aliphatic carbocycles. The van der Waals surface area contributed by atoms with Gasteiger partial charge in [0.05, 0.1) is 18.6 Å². The van der Waals surface area contributed by atoms with Gasteiger partial charge in [0.15, 0.2) is 21.3 Å². The highest BCUT2D eigenvalue weighted by molar-refractivity contribution is 7.91. The Morgan fingerprint density at radius 3 is 2.67 bits per heavy atom. The summed E-state index contributed by atoms with van der Waals surface area (Å²) in [7, 11) is -1.36. The predicted octanol–water partition coefficient (Wildman–Crippen LogP) is 1.76. The van der Waals surface area contributed by atoms with E-state index in [0.717, 1.165) is 12.1 Å². The molecule has 0 aromatic heterocycles. The summed E-state index contributed by atoms with van der Waals surface area (Å²) in [6.45, 7) is 4.91. The lowest BCUT2D eigenvalue weighted by Gasteiger charge is -2.16. The lowest BCUT2D eigenvalue weighted by atomic mass is 10.2. The summed E-state index contributed by atoms with van der Waals surface area (Å²) in [6.07, 6.45) is 0.261. The molecule has 2 rings (SSSR count). The zero-order valence-corrected chi connectivity index (χ0v) is 13.6. The molecule has 1 heterocycles. The third-order valence-electron chi connectivity index (χ3n) is 3.43. The van der Waals surface area contributed by atoms with Crippen LogP contribution in [0, 0.1) is 0 Å². The molecule has 21 heavy (non-hydrogen) atoms. The second kappa shape index (κ2) is 6.66. The summed E-state index contributed by atoms with van der Waals surface area (Å²) in [5.74, 6) is 1.54. The molecule has 1 aromatic carbocycles. The standard InChI is InChI=1S/C15H23NO4S/c1-11(2)16-9-12-4-5-14(19-3)15(8-12)20-13-6-7-21(17,18)10-13/h4-5,8,11,13,16H,6-7,9-10H2,1-3H3. The number of methoxy groups -OCH3 is 1. The van der Waals surface area contributed by atoms with E-state index in [-0.39, 0.29) is 17.6 Å². The van der Waals surface area contributed by atoms with E-state index in [0.29, 0.717) is 24.0 Å². The van der Waals surface area contributed by atoms with Crippen LogP contribution in [0.2, 0.25) is 0 Å². The van der Waals surface area contributed by atoms with E-state index >= 15 is 0 Å². The first-order chi connectivity index (χ1) is 9.89. The van der Waals surface area contributed by atoms with Gasteiger partial charge in [0, 0.05) is 12.6 Å². The maximum Gasteiger partial charge on any atom is 0.161 e. The van der Waals surface area contributed by atoms with Crippen LogP contribution >= 0.6 is 0 Å². The first-order valence-electron chi connectivity index (χ1n) is 7.17. The minimum Gasteiger partial charge on any atom is -0.493 e. The quantitative estimate of drug-likeness (QED) is 0.867. The number of benzene rings is 1. The van der Waals surface area contributed by atoms with Gasteiger partial charge in [-0.1, -0.05) is 19.9 Å². The second-order valence-electron chi connectivity index (χ2n) is 5.66. The fourth-order valence-electron chi connectivity index (χ4n) is 2.28. The molecule has 1 aromatic rings. The van der Waals surface area contributed by atoms with Gasteiger partial charge in [-0.2, -0.15) is 0 Å². The van der Waals surface area contributed by atoms with Gasteiger partial charge in [-0.3, -0.25) is 0 Å². The number of hydrogen-bond donors (Lipinski definition) is 1. The molecule has 0 spiro atoms. The number of nitrogens with one attached hydrogen (secondary N) is 1. The molecule has 1 saturated heterocycles. The summed E-state index contributed by atoms with van der Waals surface area (Å²) in [5, 5.41) is 3.34. The van der Waals surface area contributed by atoms with E-state index in [2.05, 4.69) is 19.2 Å². The lowest BCUT2D eigenvalue weighted by Crippen LogP contribution is -2.22. The third-order valence-corrected chi connectivity index (χ3v) is 5.16. The highest BCUT2D eigenvalue weighted by Gasteiger charge is 2.30. The first kappa shape index (κ1) is 16.1. The average Bonchev–Trinajstić information content (AvgIpc) is 2.76. The first-order valence-corrected chi connectivity index (χ1v) is 8.99. The molecule has 1 aliphatic rings. The Morgan fingerprint density at radius 2 is 2.10 bits per heavy atom. The summed E-state index contributed by atoms with van der Waals surface area (Å²) >= 11 is 0. The van der Waals surface area contributed by atoms with E-state index < -0.39 is 9.84 Å². The molecule has 6 heteroatoms. The van der Waals surface area contributed by atoms with Crippen LogP contribution in [0.4, 0.5) is 0 Å². The summed E-state index contributed by atoms with van der Waals surface area (Å²) in [5.41, 5.74) is 1.08. The van der Waals surface area contributed by atoms with Crippen LogP contribution in [0.15, 0.2) is 18.2 Å². The molecular weight excluding hydrogens is 290 g/mol. The van der Waals surface area contributed by atoms with E-state index in [1.54, 1.807) is 7.11 Å². The Hall–Kier alpha value is -1.27. The van der Waals surface area contributed by atoms with Crippen molar-refractivity contribution in [2.45, 2.75) is 39.0 Å². The number of rotatable bonds is 6. The van der Waals surface area contributed by atoms with Crippen molar-refractivity contribution in [1.82, 2.24) is 5.32 Å². The van der Waals surface area contributed by atoms with Gasteiger partial charge in [0.1, 0.15) is 6.10 Å². The highest BCUT2D eigenvalue weighted by Crippen LogP contribution is 2.31. The Bertz CT molecular complexity index is 583. The van der Waals surface area contributed by atoms with Gasteiger partial charge < -0.3 is 14.8 Å². The van der Waals surface area contributed by atoms with E-state index in [1.807, 2.05) is 18.2 Å². The van der Waals surface area contributed by atoms with Gasteiger partial charge >= 0.3 is 0 Å². The van der Waals surface area contributed by atoms with Gasteiger partial charge in [-0.05, 0) is 24.1 Å². The maximum atomic E-state index is 11.5. The summed E-state index contributed by atoms with van der Waals surface area (Å²) < 4.78 is 34.2. The maximum absolute atomic E-state index is 11.5. The van der Waals surface area contributed by atoms with Crippen LogP contribution < -0.4 is 14.8 Å². The molecule has 0 bridgehead atoms. The molecular formula is C15H23NO4S. The van der Waals surface area contributed by atoms with Crippen LogP contribution in [0.1, 0.15) is 25.8 Å². The molecule has 1 N–H and O–H groups in total. The second-order valence-corrected chi connectivity index (χ2v) is 7.89. The van der Waals surface area contributed by atoms with E-state index in [1.165, 1.54) is 0 Å². The summed E-state index contributed by atoms with van der Waals surface area (Å²) in [6, 6.07) is 6.15.